The number of ether oxygens (including phenoxy) is 1. The average molecular weight is 295 g/mol. The molecule has 0 aliphatic heterocycles. The Morgan fingerprint density at radius 2 is 2.35 bits per heavy atom. The summed E-state index contributed by atoms with van der Waals surface area (Å²) >= 11 is 6.04. The first-order valence-corrected chi connectivity index (χ1v) is 6.05. The van der Waals surface area contributed by atoms with Crippen molar-refractivity contribution in [3.63, 3.8) is 0 Å². The third-order valence-corrected chi connectivity index (χ3v) is 2.61. The first-order chi connectivity index (χ1) is 9.56. The second-order valence-corrected chi connectivity index (χ2v) is 4.26. The summed E-state index contributed by atoms with van der Waals surface area (Å²) in [5, 5.41) is 12.7. The van der Waals surface area contributed by atoms with Gasteiger partial charge in [0.1, 0.15) is 5.75 Å². The topological polar surface area (TPSA) is 85.5 Å². The number of rotatable bonds is 5. The molecule has 2 aromatic rings. The predicted molar refractivity (Wildman–Crippen MR) is 71.5 cm³/mol. The van der Waals surface area contributed by atoms with Crippen LogP contribution >= 0.6 is 11.6 Å². The Balaban J connectivity index is 2.19. The van der Waals surface area contributed by atoms with Crippen LogP contribution in [0.4, 0.5) is 0 Å². The summed E-state index contributed by atoms with van der Waals surface area (Å²) in [5.74, 6) is 0.135. The molecule has 0 aliphatic carbocycles. The molecule has 1 heterocycles. The number of carboxylic acid groups (broad SMARTS) is 1. The Labute approximate surface area is 119 Å². The second-order valence-electron chi connectivity index (χ2n) is 3.85. The number of aromatic nitrogens is 2. The molecular weight excluding hydrogens is 284 g/mol. The molecule has 0 radical (unpaired) electrons. The van der Waals surface area contributed by atoms with Gasteiger partial charge in [0.05, 0.1) is 5.02 Å². The summed E-state index contributed by atoms with van der Waals surface area (Å²) in [4.78, 5) is 14.6. The fourth-order valence-corrected chi connectivity index (χ4v) is 1.74. The maximum Gasteiger partial charge on any atom is 0.328 e. The van der Waals surface area contributed by atoms with Gasteiger partial charge in [-0.15, -0.1) is 0 Å². The Hall–Kier alpha value is -2.34. The lowest BCUT2D eigenvalue weighted by molar-refractivity contribution is -0.131. The fraction of sp³-hybridized carbons (Fsp3) is 0.154. The van der Waals surface area contributed by atoms with Crippen molar-refractivity contribution in [1.82, 2.24) is 10.1 Å². The van der Waals surface area contributed by atoms with Crippen molar-refractivity contribution in [3.05, 3.63) is 46.6 Å². The molecule has 0 saturated carbocycles. The summed E-state index contributed by atoms with van der Waals surface area (Å²) in [7, 11) is 0. The van der Waals surface area contributed by atoms with E-state index in [9.17, 15) is 4.79 Å². The molecule has 0 fully saturated rings. The van der Waals surface area contributed by atoms with E-state index in [1.165, 1.54) is 6.08 Å². The minimum atomic E-state index is -1.05. The second kappa shape index (κ2) is 6.21. The molecule has 7 heteroatoms. The monoisotopic (exact) mass is 294 g/mol. The number of carboxylic acids is 1. The van der Waals surface area contributed by atoms with Gasteiger partial charge in [0, 0.05) is 11.6 Å². The summed E-state index contributed by atoms with van der Waals surface area (Å²) in [6.45, 7) is 1.75. The highest BCUT2D eigenvalue weighted by Crippen LogP contribution is 2.30. The highest BCUT2D eigenvalue weighted by Gasteiger charge is 2.09. The van der Waals surface area contributed by atoms with Crippen LogP contribution in [0, 0.1) is 6.92 Å². The van der Waals surface area contributed by atoms with Crippen molar-refractivity contribution < 1.29 is 19.2 Å². The Bertz CT molecular complexity index is 652. The summed E-state index contributed by atoms with van der Waals surface area (Å²) in [6, 6.07) is 5.04. The van der Waals surface area contributed by atoms with Gasteiger partial charge in [-0.2, -0.15) is 4.98 Å². The number of para-hydroxylation sites is 1. The van der Waals surface area contributed by atoms with Crippen molar-refractivity contribution in [2.45, 2.75) is 13.5 Å². The average Bonchev–Trinajstić information content (AvgIpc) is 2.81. The van der Waals surface area contributed by atoms with Crippen LogP contribution in [0.25, 0.3) is 6.08 Å². The van der Waals surface area contributed by atoms with Gasteiger partial charge in [-0.25, -0.2) is 4.79 Å². The molecule has 6 nitrogen and oxygen atoms in total. The molecule has 0 spiro atoms. The highest BCUT2D eigenvalue weighted by molar-refractivity contribution is 6.32. The molecular formula is C13H11ClN2O4. The SMILES string of the molecule is Cc1noc(COc2c(Cl)cccc2/C=C/C(=O)O)n1. The van der Waals surface area contributed by atoms with Crippen molar-refractivity contribution in [1.29, 1.82) is 0 Å². The van der Waals surface area contributed by atoms with Crippen LogP contribution in [0.1, 0.15) is 17.3 Å². The zero-order valence-electron chi connectivity index (χ0n) is 10.5. The number of hydrogen-bond acceptors (Lipinski definition) is 5. The molecule has 2 rings (SSSR count). The first kappa shape index (κ1) is 14.1. The van der Waals surface area contributed by atoms with E-state index in [0.29, 0.717) is 28.1 Å². The molecule has 0 amide bonds. The largest absolute Gasteiger partial charge is 0.482 e. The molecule has 1 N–H and O–H groups in total. The van der Waals surface area contributed by atoms with Gasteiger partial charge in [0.2, 0.25) is 0 Å². The van der Waals surface area contributed by atoms with Gasteiger partial charge in [-0.05, 0) is 19.1 Å². The highest BCUT2D eigenvalue weighted by atomic mass is 35.5. The van der Waals surface area contributed by atoms with Crippen LogP contribution in [0.15, 0.2) is 28.8 Å². The number of benzene rings is 1. The Morgan fingerprint density at radius 3 is 3.00 bits per heavy atom. The number of carbonyl (C=O) groups is 1. The number of hydrogen-bond donors (Lipinski definition) is 1. The third kappa shape index (κ3) is 3.58. The quantitative estimate of drug-likeness (QED) is 0.853. The Kier molecular flexibility index (Phi) is 4.37. The van der Waals surface area contributed by atoms with Crippen LogP contribution in [0.3, 0.4) is 0 Å². The van der Waals surface area contributed by atoms with E-state index < -0.39 is 5.97 Å². The molecule has 1 aromatic carbocycles. The van der Waals surface area contributed by atoms with E-state index in [1.807, 2.05) is 0 Å². The van der Waals surface area contributed by atoms with E-state index in [2.05, 4.69) is 10.1 Å². The lowest BCUT2D eigenvalue weighted by Gasteiger charge is -2.08. The molecule has 0 saturated heterocycles. The fourth-order valence-electron chi connectivity index (χ4n) is 1.50. The zero-order valence-corrected chi connectivity index (χ0v) is 11.3. The number of nitrogens with zero attached hydrogens (tertiary/aromatic N) is 2. The third-order valence-electron chi connectivity index (χ3n) is 2.31. The Morgan fingerprint density at radius 1 is 1.55 bits per heavy atom. The lowest BCUT2D eigenvalue weighted by Crippen LogP contribution is -1.98. The van der Waals surface area contributed by atoms with E-state index in [4.69, 9.17) is 26.0 Å². The van der Waals surface area contributed by atoms with Crippen molar-refractivity contribution in [3.8, 4) is 5.75 Å². The smallest absolute Gasteiger partial charge is 0.328 e. The van der Waals surface area contributed by atoms with Gasteiger partial charge in [-0.1, -0.05) is 28.9 Å². The number of halogens is 1. The van der Waals surface area contributed by atoms with Gasteiger partial charge in [0.15, 0.2) is 12.4 Å². The van der Waals surface area contributed by atoms with Gasteiger partial charge < -0.3 is 14.4 Å². The zero-order chi connectivity index (χ0) is 14.5. The van der Waals surface area contributed by atoms with Crippen LogP contribution in [0.2, 0.25) is 5.02 Å². The van der Waals surface area contributed by atoms with Gasteiger partial charge >= 0.3 is 5.97 Å². The van der Waals surface area contributed by atoms with E-state index in [-0.39, 0.29) is 6.61 Å². The van der Waals surface area contributed by atoms with Crippen LogP contribution in [-0.2, 0) is 11.4 Å². The molecule has 104 valence electrons. The van der Waals surface area contributed by atoms with Gasteiger partial charge in [0.25, 0.3) is 5.89 Å². The summed E-state index contributed by atoms with van der Waals surface area (Å²) in [6.07, 6.45) is 2.41. The van der Waals surface area contributed by atoms with E-state index in [1.54, 1.807) is 25.1 Å². The van der Waals surface area contributed by atoms with Crippen LogP contribution < -0.4 is 4.74 Å². The summed E-state index contributed by atoms with van der Waals surface area (Å²) < 4.78 is 10.4. The first-order valence-electron chi connectivity index (χ1n) is 5.68. The van der Waals surface area contributed by atoms with E-state index in [0.717, 1.165) is 6.08 Å². The number of aliphatic carboxylic acids is 1. The van der Waals surface area contributed by atoms with Crippen LogP contribution in [-0.4, -0.2) is 21.2 Å². The van der Waals surface area contributed by atoms with Crippen molar-refractivity contribution >= 4 is 23.6 Å². The lowest BCUT2D eigenvalue weighted by atomic mass is 10.2. The van der Waals surface area contributed by atoms with Gasteiger partial charge in [-0.3, -0.25) is 0 Å². The molecule has 20 heavy (non-hydrogen) atoms. The molecule has 0 atom stereocenters. The summed E-state index contributed by atoms with van der Waals surface area (Å²) in [5.41, 5.74) is 0.552. The van der Waals surface area contributed by atoms with Crippen molar-refractivity contribution in [2.75, 3.05) is 0 Å². The molecule has 0 bridgehead atoms. The normalized spacial score (nSPS) is 10.9. The predicted octanol–water partition coefficient (Wildman–Crippen LogP) is 2.71. The van der Waals surface area contributed by atoms with Crippen LogP contribution in [0.5, 0.6) is 5.75 Å². The van der Waals surface area contributed by atoms with Crippen molar-refractivity contribution in [2.24, 2.45) is 0 Å². The molecule has 0 aliphatic rings. The minimum absolute atomic E-state index is 0.0541. The standard InChI is InChI=1S/C13H11ClN2O4/c1-8-15-11(20-16-8)7-19-13-9(5-6-12(17)18)3-2-4-10(13)14/h2-6H,7H2,1H3,(H,17,18)/b6-5+. The maximum absolute atomic E-state index is 10.6. The van der Waals surface area contributed by atoms with E-state index >= 15 is 0 Å². The number of aryl methyl sites for hydroxylation is 1. The minimum Gasteiger partial charge on any atom is -0.482 e. The molecule has 0 unspecified atom stereocenters. The molecule has 1 aromatic heterocycles. The maximum atomic E-state index is 10.6.